The average Bonchev–Trinajstić information content (AvgIpc) is 2.41. The molecular formula is C15H28F2N2O3. The van der Waals surface area contributed by atoms with Crippen LogP contribution in [0.25, 0.3) is 0 Å². The summed E-state index contributed by atoms with van der Waals surface area (Å²) in [7, 11) is 0. The molecule has 0 spiro atoms. The highest BCUT2D eigenvalue weighted by molar-refractivity contribution is 5.68. The second kappa shape index (κ2) is 9.25. The number of carbonyl (C=O) groups is 1. The standard InChI is InChI=1S/C15H28F2N2O3/c1-15(2,3)22-14(20)19-7-4-12(5-8-19)10-18-6-9-21-11-13(16)17/h12-13,18H,4-11H2,1-3H3. The molecule has 0 bridgehead atoms. The number of rotatable bonds is 7. The largest absolute Gasteiger partial charge is 0.444 e. The van der Waals surface area contributed by atoms with Crippen molar-refractivity contribution in [2.45, 2.75) is 45.6 Å². The Morgan fingerprint density at radius 2 is 1.95 bits per heavy atom. The van der Waals surface area contributed by atoms with E-state index >= 15 is 0 Å². The van der Waals surface area contributed by atoms with Crippen molar-refractivity contribution < 1.29 is 23.0 Å². The molecule has 0 aromatic rings. The van der Waals surface area contributed by atoms with Crippen molar-refractivity contribution in [1.29, 1.82) is 0 Å². The van der Waals surface area contributed by atoms with Crippen LogP contribution in [0.4, 0.5) is 13.6 Å². The lowest BCUT2D eigenvalue weighted by molar-refractivity contribution is 0.0159. The molecular weight excluding hydrogens is 294 g/mol. The van der Waals surface area contributed by atoms with Crippen LogP contribution in [-0.4, -0.2) is 62.4 Å². The van der Waals surface area contributed by atoms with Gasteiger partial charge in [-0.2, -0.15) is 0 Å². The molecule has 7 heteroatoms. The van der Waals surface area contributed by atoms with E-state index in [0.717, 1.165) is 19.4 Å². The van der Waals surface area contributed by atoms with E-state index in [1.54, 1.807) is 4.90 Å². The Bertz CT molecular complexity index is 327. The predicted octanol–water partition coefficient (Wildman–Crippen LogP) is 2.50. The number of nitrogens with one attached hydrogen (secondary N) is 1. The van der Waals surface area contributed by atoms with Crippen LogP contribution in [0.15, 0.2) is 0 Å². The number of halogens is 2. The fraction of sp³-hybridized carbons (Fsp3) is 0.933. The third-order valence-corrected chi connectivity index (χ3v) is 3.37. The molecule has 1 N–H and O–H groups in total. The number of hydrogen-bond acceptors (Lipinski definition) is 4. The molecule has 1 aliphatic heterocycles. The monoisotopic (exact) mass is 322 g/mol. The van der Waals surface area contributed by atoms with E-state index < -0.39 is 18.6 Å². The lowest BCUT2D eigenvalue weighted by Crippen LogP contribution is -2.43. The van der Waals surface area contributed by atoms with E-state index in [1.165, 1.54) is 0 Å². The molecule has 0 aromatic heterocycles. The molecule has 1 rings (SSSR count). The normalized spacial score (nSPS) is 17.1. The zero-order valence-corrected chi connectivity index (χ0v) is 13.7. The minimum atomic E-state index is -2.41. The minimum absolute atomic E-state index is 0.251. The molecule has 0 saturated carbocycles. The van der Waals surface area contributed by atoms with Gasteiger partial charge in [-0.3, -0.25) is 0 Å². The van der Waals surface area contributed by atoms with Crippen LogP contribution in [0, 0.1) is 5.92 Å². The van der Waals surface area contributed by atoms with Gasteiger partial charge in [0.2, 0.25) is 0 Å². The molecule has 130 valence electrons. The first kappa shape index (κ1) is 19.1. The van der Waals surface area contributed by atoms with Crippen LogP contribution in [0.5, 0.6) is 0 Å². The Morgan fingerprint density at radius 1 is 1.32 bits per heavy atom. The number of nitrogens with zero attached hydrogens (tertiary/aromatic N) is 1. The summed E-state index contributed by atoms with van der Waals surface area (Å²) in [6.45, 7) is 8.15. The fourth-order valence-corrected chi connectivity index (χ4v) is 2.27. The number of piperidine rings is 1. The smallest absolute Gasteiger partial charge is 0.410 e. The van der Waals surface area contributed by atoms with Crippen LogP contribution in [0.3, 0.4) is 0 Å². The average molecular weight is 322 g/mol. The molecule has 0 aliphatic carbocycles. The van der Waals surface area contributed by atoms with E-state index in [2.05, 4.69) is 5.32 Å². The van der Waals surface area contributed by atoms with Gasteiger partial charge < -0.3 is 19.7 Å². The van der Waals surface area contributed by atoms with E-state index in [0.29, 0.717) is 32.2 Å². The molecule has 0 aromatic carbocycles. The van der Waals surface area contributed by atoms with Crippen molar-refractivity contribution in [2.75, 3.05) is 39.4 Å². The topological polar surface area (TPSA) is 50.8 Å². The lowest BCUT2D eigenvalue weighted by atomic mass is 9.97. The fourth-order valence-electron chi connectivity index (χ4n) is 2.27. The summed E-state index contributed by atoms with van der Waals surface area (Å²) in [5, 5.41) is 3.21. The first-order chi connectivity index (χ1) is 10.3. The maximum absolute atomic E-state index is 11.9. The van der Waals surface area contributed by atoms with Gasteiger partial charge in [-0.25, -0.2) is 13.6 Å². The number of alkyl halides is 2. The van der Waals surface area contributed by atoms with E-state index in [9.17, 15) is 13.6 Å². The predicted molar refractivity (Wildman–Crippen MR) is 80.2 cm³/mol. The summed E-state index contributed by atoms with van der Waals surface area (Å²) in [5.74, 6) is 0.494. The van der Waals surface area contributed by atoms with E-state index in [4.69, 9.17) is 9.47 Å². The number of likely N-dealkylation sites (tertiary alicyclic amines) is 1. The van der Waals surface area contributed by atoms with Gasteiger partial charge in [0.05, 0.1) is 6.61 Å². The Labute approximate surface area is 131 Å². The van der Waals surface area contributed by atoms with Crippen molar-refractivity contribution in [2.24, 2.45) is 5.92 Å². The lowest BCUT2D eigenvalue weighted by Gasteiger charge is -2.33. The molecule has 1 fully saturated rings. The Morgan fingerprint density at radius 3 is 2.50 bits per heavy atom. The zero-order chi connectivity index (χ0) is 16.6. The number of ether oxygens (including phenoxy) is 2. The van der Waals surface area contributed by atoms with E-state index in [1.807, 2.05) is 20.8 Å². The van der Waals surface area contributed by atoms with Gasteiger partial charge in [0.25, 0.3) is 6.43 Å². The summed E-state index contributed by atoms with van der Waals surface area (Å²) in [6, 6.07) is 0. The van der Waals surface area contributed by atoms with E-state index in [-0.39, 0.29) is 6.09 Å². The molecule has 0 unspecified atom stereocenters. The van der Waals surface area contributed by atoms with Gasteiger partial charge in [-0.05, 0) is 46.1 Å². The van der Waals surface area contributed by atoms with Crippen molar-refractivity contribution in [3.63, 3.8) is 0 Å². The Hall–Kier alpha value is -0.950. The van der Waals surface area contributed by atoms with Crippen molar-refractivity contribution in [3.05, 3.63) is 0 Å². The highest BCUT2D eigenvalue weighted by atomic mass is 19.3. The molecule has 1 saturated heterocycles. The van der Waals surface area contributed by atoms with Crippen LogP contribution < -0.4 is 5.32 Å². The Kier molecular flexibility index (Phi) is 8.03. The third-order valence-electron chi connectivity index (χ3n) is 3.37. The second-order valence-corrected chi connectivity index (χ2v) is 6.58. The maximum Gasteiger partial charge on any atom is 0.410 e. The first-order valence-corrected chi connectivity index (χ1v) is 7.82. The van der Waals surface area contributed by atoms with Gasteiger partial charge in [-0.15, -0.1) is 0 Å². The summed E-state index contributed by atoms with van der Waals surface area (Å²) in [6.07, 6.45) is -0.814. The highest BCUT2D eigenvalue weighted by Crippen LogP contribution is 2.19. The van der Waals surface area contributed by atoms with Crippen LogP contribution in [0.1, 0.15) is 33.6 Å². The summed E-state index contributed by atoms with van der Waals surface area (Å²) < 4.78 is 33.9. The van der Waals surface area contributed by atoms with Gasteiger partial charge in [0.15, 0.2) is 0 Å². The Balaban J connectivity index is 2.09. The summed E-state index contributed by atoms with van der Waals surface area (Å²) >= 11 is 0. The molecule has 1 heterocycles. The second-order valence-electron chi connectivity index (χ2n) is 6.58. The highest BCUT2D eigenvalue weighted by Gasteiger charge is 2.26. The molecule has 1 aliphatic rings. The van der Waals surface area contributed by atoms with Crippen LogP contribution in [0.2, 0.25) is 0 Å². The van der Waals surface area contributed by atoms with Crippen molar-refractivity contribution in [3.8, 4) is 0 Å². The summed E-state index contributed by atoms with van der Waals surface area (Å²) in [4.78, 5) is 13.7. The minimum Gasteiger partial charge on any atom is -0.444 e. The van der Waals surface area contributed by atoms with Gasteiger partial charge in [-0.1, -0.05) is 0 Å². The first-order valence-electron chi connectivity index (χ1n) is 7.82. The van der Waals surface area contributed by atoms with Crippen molar-refractivity contribution in [1.82, 2.24) is 10.2 Å². The number of carbonyl (C=O) groups excluding carboxylic acids is 1. The van der Waals surface area contributed by atoms with Gasteiger partial charge in [0, 0.05) is 19.6 Å². The molecule has 0 atom stereocenters. The number of amides is 1. The molecule has 0 radical (unpaired) electrons. The quantitative estimate of drug-likeness (QED) is 0.732. The summed E-state index contributed by atoms with van der Waals surface area (Å²) in [5.41, 5.74) is -0.465. The van der Waals surface area contributed by atoms with Crippen LogP contribution in [-0.2, 0) is 9.47 Å². The van der Waals surface area contributed by atoms with Crippen molar-refractivity contribution >= 4 is 6.09 Å². The molecule has 22 heavy (non-hydrogen) atoms. The number of hydrogen-bond donors (Lipinski definition) is 1. The molecule has 1 amide bonds. The SMILES string of the molecule is CC(C)(C)OC(=O)N1CCC(CNCCOCC(F)F)CC1. The third kappa shape index (κ3) is 8.48. The van der Waals surface area contributed by atoms with Gasteiger partial charge in [0.1, 0.15) is 12.2 Å². The van der Waals surface area contributed by atoms with Gasteiger partial charge >= 0.3 is 6.09 Å². The zero-order valence-electron chi connectivity index (χ0n) is 13.7. The molecule has 5 nitrogen and oxygen atoms in total. The van der Waals surface area contributed by atoms with Crippen LogP contribution >= 0.6 is 0 Å². The maximum atomic E-state index is 11.9.